The maximum atomic E-state index is 12.0. The van der Waals surface area contributed by atoms with Gasteiger partial charge in [0.2, 0.25) is 0 Å². The highest BCUT2D eigenvalue weighted by Gasteiger charge is 2.09. The number of phenols is 1. The van der Waals surface area contributed by atoms with E-state index in [0.717, 1.165) is 17.9 Å². The zero-order chi connectivity index (χ0) is 15.8. The number of carbonyl (C=O) groups is 1. The molecule has 2 N–H and O–H groups in total. The van der Waals surface area contributed by atoms with E-state index in [0.29, 0.717) is 13.2 Å². The molecule has 0 bridgehead atoms. The summed E-state index contributed by atoms with van der Waals surface area (Å²) in [5.41, 5.74) is 0.718. The van der Waals surface area contributed by atoms with Crippen LogP contribution in [0.5, 0.6) is 11.5 Å². The number of rotatable bonds is 6. The van der Waals surface area contributed by atoms with Crippen molar-refractivity contribution in [2.45, 2.75) is 6.42 Å². The average molecular weight is 300 g/mol. The van der Waals surface area contributed by atoms with Crippen LogP contribution in [0, 0.1) is 0 Å². The molecule has 2 rings (SSSR count). The quantitative estimate of drug-likeness (QED) is 0.806. The van der Waals surface area contributed by atoms with Crippen LogP contribution in [-0.2, 0) is 0 Å². The molecule has 0 atom stereocenters. The maximum Gasteiger partial charge on any atom is 0.321 e. The molecule has 0 saturated heterocycles. The topological polar surface area (TPSA) is 61.8 Å². The van der Waals surface area contributed by atoms with Crippen molar-refractivity contribution in [3.05, 3.63) is 54.6 Å². The zero-order valence-corrected chi connectivity index (χ0v) is 12.5. The Hall–Kier alpha value is -2.69. The molecule has 2 aromatic carbocycles. The van der Waals surface area contributed by atoms with Crippen molar-refractivity contribution < 1.29 is 14.6 Å². The van der Waals surface area contributed by atoms with Crippen molar-refractivity contribution in [1.82, 2.24) is 5.32 Å². The van der Waals surface area contributed by atoms with E-state index >= 15 is 0 Å². The molecule has 2 amide bonds. The monoisotopic (exact) mass is 300 g/mol. The second-order valence-corrected chi connectivity index (χ2v) is 4.82. The molecule has 5 nitrogen and oxygen atoms in total. The summed E-state index contributed by atoms with van der Waals surface area (Å²) >= 11 is 0. The zero-order valence-electron chi connectivity index (χ0n) is 12.5. The van der Waals surface area contributed by atoms with Gasteiger partial charge in [-0.1, -0.05) is 18.2 Å². The Morgan fingerprint density at radius 3 is 2.50 bits per heavy atom. The SMILES string of the molecule is CN(C(=O)NCCCOc1ccccc1)c1ccc(O)cc1. The molecule has 5 heteroatoms. The van der Waals surface area contributed by atoms with Gasteiger partial charge in [-0.2, -0.15) is 0 Å². The van der Waals surface area contributed by atoms with Crippen LogP contribution in [0.25, 0.3) is 0 Å². The van der Waals surface area contributed by atoms with Crippen LogP contribution in [0.15, 0.2) is 54.6 Å². The molecule has 22 heavy (non-hydrogen) atoms. The lowest BCUT2D eigenvalue weighted by atomic mass is 10.3. The summed E-state index contributed by atoms with van der Waals surface area (Å²) in [5, 5.41) is 12.1. The number of para-hydroxylation sites is 1. The summed E-state index contributed by atoms with van der Waals surface area (Å²) < 4.78 is 5.55. The molecule has 0 spiro atoms. The smallest absolute Gasteiger partial charge is 0.321 e. The van der Waals surface area contributed by atoms with E-state index in [-0.39, 0.29) is 11.8 Å². The third-order valence-corrected chi connectivity index (χ3v) is 3.15. The highest BCUT2D eigenvalue weighted by molar-refractivity contribution is 5.91. The molecule has 0 saturated carbocycles. The van der Waals surface area contributed by atoms with E-state index in [9.17, 15) is 9.90 Å². The number of benzene rings is 2. The standard InChI is InChI=1S/C17H20N2O3/c1-19(14-8-10-15(20)11-9-14)17(21)18-12-5-13-22-16-6-3-2-4-7-16/h2-4,6-11,20H,5,12-13H2,1H3,(H,18,21). The maximum absolute atomic E-state index is 12.0. The van der Waals surface area contributed by atoms with Crippen LogP contribution >= 0.6 is 0 Å². The molecule has 2 aromatic rings. The van der Waals surface area contributed by atoms with Crippen molar-refractivity contribution in [3.63, 3.8) is 0 Å². The second kappa shape index (κ2) is 7.93. The average Bonchev–Trinajstić information content (AvgIpc) is 2.55. The molecule has 0 heterocycles. The minimum absolute atomic E-state index is 0.176. The van der Waals surface area contributed by atoms with Gasteiger partial charge in [0.1, 0.15) is 11.5 Å². The Bertz CT molecular complexity index is 585. The summed E-state index contributed by atoms with van der Waals surface area (Å²) in [5.74, 6) is 1.01. The van der Waals surface area contributed by atoms with Gasteiger partial charge in [-0.3, -0.25) is 4.90 Å². The van der Waals surface area contributed by atoms with Gasteiger partial charge in [0, 0.05) is 19.3 Å². The van der Waals surface area contributed by atoms with E-state index < -0.39 is 0 Å². The fraction of sp³-hybridized carbons (Fsp3) is 0.235. The minimum Gasteiger partial charge on any atom is -0.508 e. The first kappa shape index (κ1) is 15.7. The van der Waals surface area contributed by atoms with Crippen LogP contribution in [-0.4, -0.2) is 31.3 Å². The van der Waals surface area contributed by atoms with Crippen molar-refractivity contribution in [2.24, 2.45) is 0 Å². The molecule has 116 valence electrons. The lowest BCUT2D eigenvalue weighted by Gasteiger charge is -2.18. The summed E-state index contributed by atoms with van der Waals surface area (Å²) in [6.07, 6.45) is 0.726. The molecule has 0 radical (unpaired) electrons. The van der Waals surface area contributed by atoms with E-state index in [4.69, 9.17) is 4.74 Å². The van der Waals surface area contributed by atoms with Gasteiger partial charge in [-0.25, -0.2) is 4.79 Å². The lowest BCUT2D eigenvalue weighted by Crippen LogP contribution is -2.38. The minimum atomic E-state index is -0.189. The van der Waals surface area contributed by atoms with Crippen LogP contribution in [0.2, 0.25) is 0 Å². The third-order valence-electron chi connectivity index (χ3n) is 3.15. The van der Waals surface area contributed by atoms with E-state index in [1.807, 2.05) is 30.3 Å². The molecule has 0 aliphatic carbocycles. The second-order valence-electron chi connectivity index (χ2n) is 4.82. The number of nitrogens with one attached hydrogen (secondary N) is 1. The highest BCUT2D eigenvalue weighted by Crippen LogP contribution is 2.17. The van der Waals surface area contributed by atoms with E-state index in [1.165, 1.54) is 4.90 Å². The number of carbonyl (C=O) groups excluding carboxylic acids is 1. The number of aromatic hydroxyl groups is 1. The molecular formula is C17H20N2O3. The summed E-state index contributed by atoms with van der Waals surface area (Å²) in [6.45, 7) is 1.08. The molecule has 0 unspecified atom stereocenters. The number of urea groups is 1. The first-order valence-electron chi connectivity index (χ1n) is 7.15. The Morgan fingerprint density at radius 2 is 1.82 bits per heavy atom. The van der Waals surface area contributed by atoms with Gasteiger partial charge in [0.25, 0.3) is 0 Å². The number of nitrogens with zero attached hydrogens (tertiary/aromatic N) is 1. The first-order chi connectivity index (χ1) is 10.7. The number of phenolic OH excluding ortho intramolecular Hbond substituents is 1. The Morgan fingerprint density at radius 1 is 1.14 bits per heavy atom. The molecule has 0 fully saturated rings. The van der Waals surface area contributed by atoms with E-state index in [1.54, 1.807) is 31.3 Å². The Kier molecular flexibility index (Phi) is 5.65. The van der Waals surface area contributed by atoms with Crippen molar-refractivity contribution in [1.29, 1.82) is 0 Å². The van der Waals surface area contributed by atoms with Crippen molar-refractivity contribution in [3.8, 4) is 11.5 Å². The number of anilines is 1. The van der Waals surface area contributed by atoms with Crippen LogP contribution in [0.3, 0.4) is 0 Å². The molecule has 0 aliphatic heterocycles. The highest BCUT2D eigenvalue weighted by atomic mass is 16.5. The van der Waals surface area contributed by atoms with Crippen LogP contribution in [0.4, 0.5) is 10.5 Å². The predicted molar refractivity (Wildman–Crippen MR) is 86.5 cm³/mol. The first-order valence-corrected chi connectivity index (χ1v) is 7.15. The molecular weight excluding hydrogens is 280 g/mol. The fourth-order valence-electron chi connectivity index (χ4n) is 1.89. The summed E-state index contributed by atoms with van der Waals surface area (Å²) in [4.78, 5) is 13.5. The normalized spacial score (nSPS) is 10.0. The molecule has 0 aliphatic rings. The van der Waals surface area contributed by atoms with Gasteiger partial charge >= 0.3 is 6.03 Å². The number of hydrogen-bond donors (Lipinski definition) is 2. The Balaban J connectivity index is 1.68. The van der Waals surface area contributed by atoms with Gasteiger partial charge in [0.05, 0.1) is 6.61 Å². The lowest BCUT2D eigenvalue weighted by molar-refractivity contribution is 0.245. The summed E-state index contributed by atoms with van der Waals surface area (Å²) in [7, 11) is 1.68. The molecule has 0 aromatic heterocycles. The van der Waals surface area contributed by atoms with Crippen molar-refractivity contribution >= 4 is 11.7 Å². The number of ether oxygens (including phenoxy) is 1. The van der Waals surface area contributed by atoms with Crippen LogP contribution in [0.1, 0.15) is 6.42 Å². The number of amides is 2. The fourth-order valence-corrected chi connectivity index (χ4v) is 1.89. The van der Waals surface area contributed by atoms with Gasteiger partial charge in [0.15, 0.2) is 0 Å². The summed E-state index contributed by atoms with van der Waals surface area (Å²) in [6, 6.07) is 15.9. The predicted octanol–water partition coefficient (Wildman–Crippen LogP) is 3.01. The Labute approximate surface area is 130 Å². The van der Waals surface area contributed by atoms with Gasteiger partial charge < -0.3 is 15.2 Å². The largest absolute Gasteiger partial charge is 0.508 e. The van der Waals surface area contributed by atoms with Crippen LogP contribution < -0.4 is 15.0 Å². The van der Waals surface area contributed by atoms with Crippen molar-refractivity contribution in [2.75, 3.05) is 25.1 Å². The number of hydrogen-bond acceptors (Lipinski definition) is 3. The van der Waals surface area contributed by atoms with Gasteiger partial charge in [-0.05, 0) is 42.8 Å². The third kappa shape index (κ3) is 4.70. The van der Waals surface area contributed by atoms with E-state index in [2.05, 4.69) is 5.32 Å². The van der Waals surface area contributed by atoms with Gasteiger partial charge in [-0.15, -0.1) is 0 Å².